The molecule has 0 unspecified atom stereocenters. The van der Waals surface area contributed by atoms with Crippen LogP contribution in [0.15, 0.2) is 16.5 Å². The van der Waals surface area contributed by atoms with Gasteiger partial charge < -0.3 is 19.6 Å². The first-order chi connectivity index (χ1) is 7.86. The smallest absolute Gasteiger partial charge is 0.129 e. The molecule has 92 valence electrons. The van der Waals surface area contributed by atoms with Crippen molar-refractivity contribution < 1.29 is 14.3 Å². The lowest BCUT2D eigenvalue weighted by atomic mass is 10.4. The molecule has 1 rings (SSSR count). The topological polar surface area (TPSA) is 54.6 Å². The van der Waals surface area contributed by atoms with Crippen LogP contribution in [0.4, 0.5) is 0 Å². The predicted molar refractivity (Wildman–Crippen MR) is 62.1 cm³/mol. The summed E-state index contributed by atoms with van der Waals surface area (Å²) >= 11 is 0. The summed E-state index contributed by atoms with van der Waals surface area (Å²) in [6.45, 7) is 5.18. The highest BCUT2D eigenvalue weighted by Gasteiger charge is 1.99. The molecule has 0 bridgehead atoms. The van der Waals surface area contributed by atoms with Gasteiger partial charge in [-0.05, 0) is 18.6 Å². The van der Waals surface area contributed by atoms with Gasteiger partial charge >= 0.3 is 0 Å². The van der Waals surface area contributed by atoms with E-state index in [1.54, 1.807) is 6.07 Å². The van der Waals surface area contributed by atoms with Gasteiger partial charge in [0.2, 0.25) is 0 Å². The second kappa shape index (κ2) is 8.33. The number of aliphatic hydroxyl groups is 1. The fourth-order valence-electron chi connectivity index (χ4n) is 1.31. The average molecular weight is 227 g/mol. The Bertz CT molecular complexity index is 273. The van der Waals surface area contributed by atoms with Crippen LogP contribution in [0, 0.1) is 0 Å². The number of hydrogen-bond donors (Lipinski definition) is 2. The molecule has 0 aliphatic carbocycles. The summed E-state index contributed by atoms with van der Waals surface area (Å²) in [5.41, 5.74) is 0. The molecule has 0 saturated heterocycles. The first kappa shape index (κ1) is 13.2. The molecule has 1 aromatic rings. The Hall–Kier alpha value is -0.840. The van der Waals surface area contributed by atoms with Gasteiger partial charge in [-0.1, -0.05) is 13.3 Å². The maximum Gasteiger partial charge on any atom is 0.129 e. The standard InChI is InChI=1S/C12H21NO3/c1-2-3-7-15-8-6-13-9-11-4-5-12(10-14)16-11/h4-5,13-14H,2-3,6-10H2,1H3. The first-order valence-corrected chi connectivity index (χ1v) is 5.83. The molecular formula is C12H21NO3. The lowest BCUT2D eigenvalue weighted by Gasteiger charge is -2.04. The van der Waals surface area contributed by atoms with Gasteiger partial charge in [0, 0.05) is 13.2 Å². The Morgan fingerprint density at radius 2 is 2.12 bits per heavy atom. The van der Waals surface area contributed by atoms with Crippen LogP contribution in [0.5, 0.6) is 0 Å². The largest absolute Gasteiger partial charge is 0.462 e. The van der Waals surface area contributed by atoms with Crippen molar-refractivity contribution in [3.8, 4) is 0 Å². The normalized spacial score (nSPS) is 10.9. The number of hydrogen-bond acceptors (Lipinski definition) is 4. The quantitative estimate of drug-likeness (QED) is 0.630. The lowest BCUT2D eigenvalue weighted by Crippen LogP contribution is -2.19. The van der Waals surface area contributed by atoms with Crippen molar-refractivity contribution in [1.82, 2.24) is 5.32 Å². The second-order valence-electron chi connectivity index (χ2n) is 3.67. The zero-order valence-corrected chi connectivity index (χ0v) is 9.87. The van der Waals surface area contributed by atoms with Crippen molar-refractivity contribution in [2.75, 3.05) is 19.8 Å². The molecule has 1 aromatic heterocycles. The van der Waals surface area contributed by atoms with Gasteiger partial charge in [-0.2, -0.15) is 0 Å². The Morgan fingerprint density at radius 3 is 2.81 bits per heavy atom. The van der Waals surface area contributed by atoms with Crippen LogP contribution < -0.4 is 5.32 Å². The van der Waals surface area contributed by atoms with E-state index in [0.717, 1.165) is 31.9 Å². The van der Waals surface area contributed by atoms with E-state index in [4.69, 9.17) is 14.3 Å². The van der Waals surface area contributed by atoms with Crippen molar-refractivity contribution in [3.05, 3.63) is 23.7 Å². The van der Waals surface area contributed by atoms with Gasteiger partial charge in [0.1, 0.15) is 18.1 Å². The number of aliphatic hydroxyl groups excluding tert-OH is 1. The SMILES string of the molecule is CCCCOCCNCc1ccc(CO)o1. The van der Waals surface area contributed by atoms with E-state index in [2.05, 4.69) is 12.2 Å². The number of nitrogens with one attached hydrogen (secondary N) is 1. The van der Waals surface area contributed by atoms with Crippen LogP contribution in [-0.4, -0.2) is 24.9 Å². The molecule has 0 aromatic carbocycles. The Balaban J connectivity index is 1.98. The average Bonchev–Trinajstić information content (AvgIpc) is 2.76. The molecule has 0 atom stereocenters. The van der Waals surface area contributed by atoms with Crippen LogP contribution in [0.1, 0.15) is 31.3 Å². The van der Waals surface area contributed by atoms with E-state index in [1.165, 1.54) is 6.42 Å². The molecule has 0 aliphatic heterocycles. The lowest BCUT2D eigenvalue weighted by molar-refractivity contribution is 0.132. The van der Waals surface area contributed by atoms with Gasteiger partial charge in [0.15, 0.2) is 0 Å². The Morgan fingerprint density at radius 1 is 1.31 bits per heavy atom. The first-order valence-electron chi connectivity index (χ1n) is 5.83. The van der Waals surface area contributed by atoms with Crippen molar-refractivity contribution in [2.24, 2.45) is 0 Å². The minimum atomic E-state index is -0.0415. The van der Waals surface area contributed by atoms with Crippen molar-refractivity contribution >= 4 is 0 Å². The summed E-state index contributed by atoms with van der Waals surface area (Å²) in [5.74, 6) is 1.45. The maximum atomic E-state index is 8.81. The third-order valence-corrected chi connectivity index (χ3v) is 2.24. The Kier molecular flexibility index (Phi) is 6.88. The van der Waals surface area contributed by atoms with Gasteiger partial charge in [-0.15, -0.1) is 0 Å². The van der Waals surface area contributed by atoms with Crippen LogP contribution in [0.3, 0.4) is 0 Å². The third kappa shape index (κ3) is 5.30. The van der Waals surface area contributed by atoms with Gasteiger partial charge in [-0.25, -0.2) is 0 Å². The summed E-state index contributed by atoms with van der Waals surface area (Å²) in [6, 6.07) is 3.66. The zero-order chi connectivity index (χ0) is 11.6. The highest BCUT2D eigenvalue weighted by molar-refractivity contribution is 5.05. The van der Waals surface area contributed by atoms with Gasteiger partial charge in [0.05, 0.1) is 13.2 Å². The molecule has 4 heteroatoms. The third-order valence-electron chi connectivity index (χ3n) is 2.24. The van der Waals surface area contributed by atoms with E-state index in [0.29, 0.717) is 12.3 Å². The number of rotatable bonds is 9. The molecule has 1 heterocycles. The molecule has 0 amide bonds. The van der Waals surface area contributed by atoms with Gasteiger partial charge in [-0.3, -0.25) is 0 Å². The van der Waals surface area contributed by atoms with Crippen LogP contribution >= 0.6 is 0 Å². The molecule has 0 aliphatic rings. The fraction of sp³-hybridized carbons (Fsp3) is 0.667. The highest BCUT2D eigenvalue weighted by Crippen LogP contribution is 2.06. The summed E-state index contributed by atoms with van der Waals surface area (Å²) in [5, 5.41) is 12.0. The van der Waals surface area contributed by atoms with E-state index in [1.807, 2.05) is 6.07 Å². The molecule has 2 N–H and O–H groups in total. The summed E-state index contributed by atoms with van der Waals surface area (Å²) in [4.78, 5) is 0. The Labute approximate surface area is 96.6 Å². The van der Waals surface area contributed by atoms with E-state index < -0.39 is 0 Å². The molecule has 0 radical (unpaired) electrons. The molecule has 4 nitrogen and oxygen atoms in total. The number of unbranched alkanes of at least 4 members (excludes halogenated alkanes) is 1. The van der Waals surface area contributed by atoms with Crippen LogP contribution in [0.2, 0.25) is 0 Å². The van der Waals surface area contributed by atoms with Crippen molar-refractivity contribution in [3.63, 3.8) is 0 Å². The molecular weight excluding hydrogens is 206 g/mol. The highest BCUT2D eigenvalue weighted by atomic mass is 16.5. The monoisotopic (exact) mass is 227 g/mol. The molecule has 16 heavy (non-hydrogen) atoms. The summed E-state index contributed by atoms with van der Waals surface area (Å²) < 4.78 is 10.7. The number of furan rings is 1. The zero-order valence-electron chi connectivity index (χ0n) is 9.87. The maximum absolute atomic E-state index is 8.81. The molecule has 0 fully saturated rings. The summed E-state index contributed by atoms with van der Waals surface area (Å²) in [7, 11) is 0. The second-order valence-corrected chi connectivity index (χ2v) is 3.67. The van der Waals surface area contributed by atoms with E-state index in [9.17, 15) is 0 Å². The predicted octanol–water partition coefficient (Wildman–Crippen LogP) is 1.68. The van der Waals surface area contributed by atoms with Crippen LogP contribution in [0.25, 0.3) is 0 Å². The minimum Gasteiger partial charge on any atom is -0.462 e. The van der Waals surface area contributed by atoms with Gasteiger partial charge in [0.25, 0.3) is 0 Å². The summed E-state index contributed by atoms with van der Waals surface area (Å²) in [6.07, 6.45) is 2.29. The van der Waals surface area contributed by atoms with Crippen molar-refractivity contribution in [2.45, 2.75) is 32.9 Å². The van der Waals surface area contributed by atoms with Crippen molar-refractivity contribution in [1.29, 1.82) is 0 Å². The fourth-order valence-corrected chi connectivity index (χ4v) is 1.31. The van der Waals surface area contributed by atoms with Crippen LogP contribution in [-0.2, 0) is 17.9 Å². The van der Waals surface area contributed by atoms with E-state index in [-0.39, 0.29) is 6.61 Å². The molecule has 0 spiro atoms. The van der Waals surface area contributed by atoms with E-state index >= 15 is 0 Å². The molecule has 0 saturated carbocycles. The minimum absolute atomic E-state index is 0.0415. The number of ether oxygens (including phenoxy) is 1.